The largest absolute Gasteiger partial charge is 0.386 e. The van der Waals surface area contributed by atoms with Gasteiger partial charge in [0.05, 0.1) is 22.9 Å². The number of fused-ring (bicyclic) bond motifs is 1. The van der Waals surface area contributed by atoms with Crippen LogP contribution in [0.5, 0.6) is 0 Å². The van der Waals surface area contributed by atoms with E-state index < -0.39 is 5.60 Å². The summed E-state index contributed by atoms with van der Waals surface area (Å²) in [5, 5.41) is 15.3. The summed E-state index contributed by atoms with van der Waals surface area (Å²) in [5.74, 6) is 0.817. The Kier molecular flexibility index (Phi) is 2.95. The molecule has 0 saturated carbocycles. The molecule has 0 aliphatic carbocycles. The van der Waals surface area contributed by atoms with Crippen LogP contribution in [0.2, 0.25) is 0 Å². The van der Waals surface area contributed by atoms with Gasteiger partial charge in [0.25, 0.3) is 0 Å². The summed E-state index contributed by atoms with van der Waals surface area (Å²) in [7, 11) is 0. The molecule has 0 bridgehead atoms. The van der Waals surface area contributed by atoms with Gasteiger partial charge in [0.15, 0.2) is 5.65 Å². The van der Waals surface area contributed by atoms with E-state index >= 15 is 0 Å². The number of anilines is 1. The van der Waals surface area contributed by atoms with E-state index in [1.807, 2.05) is 36.1 Å². The van der Waals surface area contributed by atoms with Crippen molar-refractivity contribution in [3.8, 4) is 5.69 Å². The molecule has 1 aromatic carbocycles. The highest BCUT2D eigenvalue weighted by atomic mass is 79.9. The highest BCUT2D eigenvalue weighted by molar-refractivity contribution is 9.10. The molecule has 0 amide bonds. The molecule has 1 N–H and O–H groups in total. The molecule has 1 aliphatic rings. The lowest BCUT2D eigenvalue weighted by atomic mass is 9.97. The zero-order valence-corrected chi connectivity index (χ0v) is 13.5. The van der Waals surface area contributed by atoms with Gasteiger partial charge in [-0.05, 0) is 25.1 Å². The van der Waals surface area contributed by atoms with E-state index in [1.54, 1.807) is 17.2 Å². The Morgan fingerprint density at radius 2 is 2.09 bits per heavy atom. The molecule has 6 nitrogen and oxygen atoms in total. The van der Waals surface area contributed by atoms with Gasteiger partial charge < -0.3 is 10.0 Å². The van der Waals surface area contributed by atoms with Crippen LogP contribution < -0.4 is 4.90 Å². The highest BCUT2D eigenvalue weighted by Gasteiger charge is 2.38. The van der Waals surface area contributed by atoms with Crippen molar-refractivity contribution in [2.45, 2.75) is 12.5 Å². The average Bonchev–Trinajstić information content (AvgIpc) is 2.88. The van der Waals surface area contributed by atoms with Crippen molar-refractivity contribution < 1.29 is 5.11 Å². The maximum absolute atomic E-state index is 9.92. The number of β-amino-alcohol motifs (C(OH)–C–C–N with tert-alkyl or cyclic N) is 1. The summed E-state index contributed by atoms with van der Waals surface area (Å²) in [6, 6.07) is 7.90. The van der Waals surface area contributed by atoms with Crippen molar-refractivity contribution in [2.75, 3.05) is 18.0 Å². The fraction of sp³-hybridized carbons (Fsp3) is 0.267. The minimum atomic E-state index is -0.641. The molecule has 112 valence electrons. The summed E-state index contributed by atoms with van der Waals surface area (Å²) in [6.07, 6.45) is 3.32. The first-order valence-electron chi connectivity index (χ1n) is 6.95. The zero-order chi connectivity index (χ0) is 15.3. The Morgan fingerprint density at radius 1 is 1.27 bits per heavy atom. The molecule has 7 heteroatoms. The van der Waals surface area contributed by atoms with E-state index in [2.05, 4.69) is 31.0 Å². The smallest absolute Gasteiger partial charge is 0.168 e. The number of nitrogens with zero attached hydrogens (tertiary/aromatic N) is 5. The number of benzene rings is 1. The second-order valence-corrected chi connectivity index (χ2v) is 6.74. The molecule has 2 aromatic heterocycles. The average molecular weight is 360 g/mol. The zero-order valence-electron chi connectivity index (χ0n) is 11.9. The second-order valence-electron chi connectivity index (χ2n) is 5.82. The van der Waals surface area contributed by atoms with Gasteiger partial charge in [-0.1, -0.05) is 22.0 Å². The number of hydrogen-bond acceptors (Lipinski definition) is 5. The van der Waals surface area contributed by atoms with Gasteiger partial charge in [0, 0.05) is 17.6 Å². The highest BCUT2D eigenvalue weighted by Crippen LogP contribution is 2.31. The SMILES string of the molecule is CC1(O)CN(c2ncnc3c2cnn3-c2cccc(Br)c2)C1. The molecule has 0 radical (unpaired) electrons. The van der Waals surface area contributed by atoms with Crippen LogP contribution in [0.1, 0.15) is 6.92 Å². The van der Waals surface area contributed by atoms with Gasteiger partial charge in [-0.3, -0.25) is 0 Å². The first kappa shape index (κ1) is 13.7. The van der Waals surface area contributed by atoms with Crippen LogP contribution in [-0.2, 0) is 0 Å². The summed E-state index contributed by atoms with van der Waals surface area (Å²) >= 11 is 3.47. The molecule has 22 heavy (non-hydrogen) atoms. The van der Waals surface area contributed by atoms with Crippen molar-refractivity contribution in [1.82, 2.24) is 19.7 Å². The van der Waals surface area contributed by atoms with Crippen LogP contribution in [0.25, 0.3) is 16.7 Å². The normalized spacial score (nSPS) is 16.8. The van der Waals surface area contributed by atoms with Crippen LogP contribution >= 0.6 is 15.9 Å². The van der Waals surface area contributed by atoms with Crippen LogP contribution in [0.3, 0.4) is 0 Å². The molecule has 0 atom stereocenters. The van der Waals surface area contributed by atoms with Crippen molar-refractivity contribution in [1.29, 1.82) is 0 Å². The Balaban J connectivity index is 1.81. The molecular formula is C15H14BrN5O. The van der Waals surface area contributed by atoms with Gasteiger partial charge in [-0.25, -0.2) is 14.6 Å². The fourth-order valence-electron chi connectivity index (χ4n) is 2.81. The number of aliphatic hydroxyl groups is 1. The van der Waals surface area contributed by atoms with Crippen molar-refractivity contribution in [2.24, 2.45) is 0 Å². The lowest BCUT2D eigenvalue weighted by Crippen LogP contribution is -2.60. The van der Waals surface area contributed by atoms with Crippen LogP contribution in [0.15, 0.2) is 41.3 Å². The van der Waals surface area contributed by atoms with E-state index in [9.17, 15) is 5.11 Å². The standard InChI is InChI=1S/C15H14BrN5O/c1-15(22)7-20(8-15)13-12-6-19-21(14(12)18-9-17-13)11-4-2-3-10(16)5-11/h2-6,9,22H,7-8H2,1H3. The number of rotatable bonds is 2. The summed E-state index contributed by atoms with van der Waals surface area (Å²) in [5.41, 5.74) is 1.05. The first-order chi connectivity index (χ1) is 10.5. The van der Waals surface area contributed by atoms with Gasteiger partial charge in [0.2, 0.25) is 0 Å². The number of halogens is 1. The predicted molar refractivity (Wildman–Crippen MR) is 87.2 cm³/mol. The van der Waals surface area contributed by atoms with Gasteiger partial charge in [-0.2, -0.15) is 5.10 Å². The quantitative estimate of drug-likeness (QED) is 0.759. The molecule has 1 aliphatic heterocycles. The van der Waals surface area contributed by atoms with Gasteiger partial charge in [0.1, 0.15) is 12.1 Å². The lowest BCUT2D eigenvalue weighted by molar-refractivity contribution is 0.0307. The molecule has 0 unspecified atom stereocenters. The van der Waals surface area contributed by atoms with Gasteiger partial charge in [-0.15, -0.1) is 0 Å². The van der Waals surface area contributed by atoms with E-state index in [4.69, 9.17) is 0 Å². The Labute approximate surface area is 135 Å². The monoisotopic (exact) mass is 359 g/mol. The molecule has 3 aromatic rings. The fourth-order valence-corrected chi connectivity index (χ4v) is 3.19. The molecule has 1 fully saturated rings. The number of hydrogen-bond donors (Lipinski definition) is 1. The summed E-state index contributed by atoms with van der Waals surface area (Å²) < 4.78 is 2.78. The minimum Gasteiger partial charge on any atom is -0.386 e. The predicted octanol–water partition coefficient (Wildman–Crippen LogP) is 2.15. The van der Waals surface area contributed by atoms with Crippen molar-refractivity contribution in [3.05, 3.63) is 41.3 Å². The Morgan fingerprint density at radius 3 is 2.82 bits per heavy atom. The third-order valence-corrected chi connectivity index (χ3v) is 4.25. The van der Waals surface area contributed by atoms with Crippen LogP contribution in [0.4, 0.5) is 5.82 Å². The molecule has 0 spiro atoms. The Hall–Kier alpha value is -1.99. The maximum atomic E-state index is 9.92. The lowest BCUT2D eigenvalue weighted by Gasteiger charge is -2.44. The maximum Gasteiger partial charge on any atom is 0.168 e. The first-order valence-corrected chi connectivity index (χ1v) is 7.75. The van der Waals surface area contributed by atoms with E-state index in [1.165, 1.54) is 0 Å². The Bertz CT molecular complexity index is 852. The van der Waals surface area contributed by atoms with E-state index in [0.717, 1.165) is 27.0 Å². The topological polar surface area (TPSA) is 67.1 Å². The van der Waals surface area contributed by atoms with Gasteiger partial charge >= 0.3 is 0 Å². The third kappa shape index (κ3) is 2.17. The van der Waals surface area contributed by atoms with E-state index in [-0.39, 0.29) is 0 Å². The summed E-state index contributed by atoms with van der Waals surface area (Å²) in [4.78, 5) is 10.8. The molecule has 1 saturated heterocycles. The minimum absolute atomic E-state index is 0.571. The molecule has 3 heterocycles. The third-order valence-electron chi connectivity index (χ3n) is 3.76. The number of aromatic nitrogens is 4. The van der Waals surface area contributed by atoms with Crippen LogP contribution in [0, 0.1) is 0 Å². The second kappa shape index (κ2) is 4.76. The summed E-state index contributed by atoms with van der Waals surface area (Å²) in [6.45, 7) is 2.97. The van der Waals surface area contributed by atoms with E-state index in [0.29, 0.717) is 13.1 Å². The van der Waals surface area contributed by atoms with Crippen molar-refractivity contribution >= 4 is 32.8 Å². The van der Waals surface area contributed by atoms with Crippen molar-refractivity contribution in [3.63, 3.8) is 0 Å². The van der Waals surface area contributed by atoms with Crippen LogP contribution in [-0.4, -0.2) is 43.5 Å². The molecule has 4 rings (SSSR count). The molecular weight excluding hydrogens is 346 g/mol.